The minimum Gasteiger partial charge on any atom is -0.496 e. The summed E-state index contributed by atoms with van der Waals surface area (Å²) in [5, 5.41) is 16.6. The van der Waals surface area contributed by atoms with E-state index >= 15 is 0 Å². The fourth-order valence-electron chi connectivity index (χ4n) is 5.50. The summed E-state index contributed by atoms with van der Waals surface area (Å²) in [5.74, 6) is -0.0634. The van der Waals surface area contributed by atoms with Crippen LogP contribution in [0.5, 0.6) is 5.75 Å². The molecule has 3 atom stereocenters. The largest absolute Gasteiger partial charge is 0.496 e. The van der Waals surface area contributed by atoms with Gasteiger partial charge in [0.25, 0.3) is 11.8 Å². The molecule has 2 aliphatic heterocycles. The Bertz CT molecular complexity index is 1050. The number of fused-ring (bicyclic) bond motifs is 3. The van der Waals surface area contributed by atoms with Crippen molar-refractivity contribution in [3.63, 3.8) is 0 Å². The first-order valence-electron chi connectivity index (χ1n) is 12.4. The molecule has 0 saturated carbocycles. The number of hydrogen-bond donors (Lipinski definition) is 3. The molecule has 2 bridgehead atoms. The van der Waals surface area contributed by atoms with Crippen LogP contribution < -0.4 is 15.4 Å². The summed E-state index contributed by atoms with van der Waals surface area (Å²) in [6.45, 7) is 1.66. The number of nitrogens with zero attached hydrogens (tertiary/aromatic N) is 1. The van der Waals surface area contributed by atoms with Crippen molar-refractivity contribution in [2.45, 2.75) is 49.9 Å². The van der Waals surface area contributed by atoms with Crippen molar-refractivity contribution >= 4 is 11.8 Å². The Labute approximate surface area is 205 Å². The summed E-state index contributed by atoms with van der Waals surface area (Å²) in [6.07, 6.45) is 3.09. The first-order chi connectivity index (χ1) is 17.0. The van der Waals surface area contributed by atoms with Gasteiger partial charge in [-0.3, -0.25) is 9.59 Å². The maximum absolute atomic E-state index is 13.2. The maximum Gasteiger partial charge on any atom is 0.255 e. The molecule has 2 aromatic rings. The highest BCUT2D eigenvalue weighted by atomic mass is 16.5. The van der Waals surface area contributed by atoms with Gasteiger partial charge in [0.1, 0.15) is 5.75 Å². The Morgan fingerprint density at radius 3 is 2.43 bits per heavy atom. The number of carbonyl (C=O) groups is 2. The highest BCUT2D eigenvalue weighted by Crippen LogP contribution is 2.31. The van der Waals surface area contributed by atoms with Gasteiger partial charge in [0.2, 0.25) is 0 Å². The quantitative estimate of drug-likeness (QED) is 0.531. The molecule has 3 aliphatic rings. The molecule has 2 heterocycles. The topological polar surface area (TPSA) is 100 Å². The second-order valence-electron chi connectivity index (χ2n) is 9.70. The van der Waals surface area contributed by atoms with E-state index in [4.69, 9.17) is 9.47 Å². The van der Waals surface area contributed by atoms with E-state index in [1.54, 1.807) is 18.2 Å². The van der Waals surface area contributed by atoms with Gasteiger partial charge in [0.05, 0.1) is 44.1 Å². The second-order valence-corrected chi connectivity index (χ2v) is 9.70. The molecular weight excluding hydrogens is 446 g/mol. The molecule has 186 valence electrons. The zero-order chi connectivity index (χ0) is 24.4. The van der Waals surface area contributed by atoms with Crippen molar-refractivity contribution in [1.29, 1.82) is 0 Å². The fourth-order valence-corrected chi connectivity index (χ4v) is 5.50. The highest BCUT2D eigenvalue weighted by molar-refractivity contribution is 6.00. The number of carbonyl (C=O) groups excluding carboxylic acids is 2. The lowest BCUT2D eigenvalue weighted by molar-refractivity contribution is -0.00717. The number of rotatable bonds is 8. The SMILES string of the molecule is COc1cc(C(=O)N2C3CCC2COC3)ccc1C(=O)NCC(O)CNC1Cc2ccccc2C1. The second kappa shape index (κ2) is 10.4. The van der Waals surface area contributed by atoms with Gasteiger partial charge in [-0.1, -0.05) is 24.3 Å². The van der Waals surface area contributed by atoms with Crippen LogP contribution in [0.2, 0.25) is 0 Å². The summed E-state index contributed by atoms with van der Waals surface area (Å²) in [4.78, 5) is 27.9. The van der Waals surface area contributed by atoms with E-state index in [0.29, 0.717) is 42.7 Å². The number of hydrogen-bond acceptors (Lipinski definition) is 6. The molecule has 3 unspecified atom stereocenters. The monoisotopic (exact) mass is 479 g/mol. The van der Waals surface area contributed by atoms with Crippen molar-refractivity contribution in [2.75, 3.05) is 33.4 Å². The molecular formula is C27H33N3O5. The summed E-state index contributed by atoms with van der Waals surface area (Å²) in [5.41, 5.74) is 3.53. The molecule has 2 amide bonds. The van der Waals surface area contributed by atoms with Crippen LogP contribution in [0.3, 0.4) is 0 Å². The zero-order valence-corrected chi connectivity index (χ0v) is 20.0. The molecule has 0 aromatic heterocycles. The Morgan fingerprint density at radius 1 is 1.09 bits per heavy atom. The van der Waals surface area contributed by atoms with Crippen LogP contribution in [-0.4, -0.2) is 79.5 Å². The molecule has 2 aromatic carbocycles. The number of methoxy groups -OCH3 is 1. The molecule has 1 aliphatic carbocycles. The zero-order valence-electron chi connectivity index (χ0n) is 20.0. The first-order valence-corrected chi connectivity index (χ1v) is 12.4. The third-order valence-electron chi connectivity index (χ3n) is 7.36. The third-order valence-corrected chi connectivity index (χ3v) is 7.36. The van der Waals surface area contributed by atoms with Crippen molar-refractivity contribution in [1.82, 2.24) is 15.5 Å². The molecule has 8 heteroatoms. The Kier molecular flexibility index (Phi) is 7.04. The van der Waals surface area contributed by atoms with Crippen LogP contribution in [0.15, 0.2) is 42.5 Å². The summed E-state index contributed by atoms with van der Waals surface area (Å²) in [6, 6.07) is 13.8. The van der Waals surface area contributed by atoms with Gasteiger partial charge in [0.15, 0.2) is 0 Å². The van der Waals surface area contributed by atoms with Crippen LogP contribution in [0.25, 0.3) is 0 Å². The number of aliphatic hydroxyl groups excluding tert-OH is 1. The van der Waals surface area contributed by atoms with Crippen molar-refractivity contribution < 1.29 is 24.2 Å². The van der Waals surface area contributed by atoms with Crippen LogP contribution in [0.4, 0.5) is 0 Å². The predicted molar refractivity (Wildman–Crippen MR) is 131 cm³/mol. The minimum atomic E-state index is -0.716. The highest BCUT2D eigenvalue weighted by Gasteiger charge is 2.40. The smallest absolute Gasteiger partial charge is 0.255 e. The van der Waals surface area contributed by atoms with E-state index in [2.05, 4.69) is 34.9 Å². The van der Waals surface area contributed by atoms with Gasteiger partial charge in [-0.25, -0.2) is 0 Å². The lowest BCUT2D eigenvalue weighted by Gasteiger charge is -2.34. The molecule has 0 radical (unpaired) electrons. The number of amides is 2. The number of benzene rings is 2. The van der Waals surface area contributed by atoms with E-state index in [1.165, 1.54) is 18.2 Å². The average Bonchev–Trinajstić information content (AvgIpc) is 3.41. The van der Waals surface area contributed by atoms with Crippen LogP contribution in [-0.2, 0) is 17.6 Å². The van der Waals surface area contributed by atoms with Crippen LogP contribution in [0, 0.1) is 0 Å². The number of morpholine rings is 1. The van der Waals surface area contributed by atoms with Gasteiger partial charge < -0.3 is 30.1 Å². The van der Waals surface area contributed by atoms with Gasteiger partial charge in [0, 0.05) is 24.7 Å². The van der Waals surface area contributed by atoms with E-state index in [9.17, 15) is 14.7 Å². The normalized spacial score (nSPS) is 22.1. The van der Waals surface area contributed by atoms with E-state index < -0.39 is 6.10 Å². The molecule has 2 fully saturated rings. The van der Waals surface area contributed by atoms with E-state index in [-0.39, 0.29) is 30.4 Å². The predicted octanol–water partition coefficient (Wildman–Crippen LogP) is 1.55. The molecule has 8 nitrogen and oxygen atoms in total. The average molecular weight is 480 g/mol. The van der Waals surface area contributed by atoms with Gasteiger partial charge in [-0.15, -0.1) is 0 Å². The first kappa shape index (κ1) is 23.8. The van der Waals surface area contributed by atoms with Crippen LogP contribution >= 0.6 is 0 Å². The number of aliphatic hydroxyl groups is 1. The minimum absolute atomic E-state index is 0.0541. The van der Waals surface area contributed by atoms with E-state index in [0.717, 1.165) is 25.7 Å². The standard InChI is InChI=1S/C27H33N3O5/c1-34-25-12-19(27(33)30-21-7-8-22(30)16-35-15-21)6-9-24(25)26(32)29-14-23(31)13-28-20-10-17-4-2-3-5-18(17)11-20/h2-6,9,12,20-23,28,31H,7-8,10-11,13-16H2,1H3,(H,29,32). The fraction of sp³-hybridized carbons (Fsp3) is 0.481. The Balaban J connectivity index is 1.14. The molecule has 0 spiro atoms. The van der Waals surface area contributed by atoms with Crippen molar-refractivity contribution in [2.24, 2.45) is 0 Å². The third kappa shape index (κ3) is 5.05. The summed E-state index contributed by atoms with van der Waals surface area (Å²) >= 11 is 0. The van der Waals surface area contributed by atoms with Crippen molar-refractivity contribution in [3.8, 4) is 5.75 Å². The van der Waals surface area contributed by atoms with Crippen molar-refractivity contribution in [3.05, 3.63) is 64.7 Å². The molecule has 5 rings (SSSR count). The summed E-state index contributed by atoms with van der Waals surface area (Å²) in [7, 11) is 1.48. The number of ether oxygens (including phenoxy) is 2. The molecule has 2 saturated heterocycles. The molecule has 3 N–H and O–H groups in total. The van der Waals surface area contributed by atoms with Gasteiger partial charge in [-0.2, -0.15) is 0 Å². The maximum atomic E-state index is 13.2. The number of nitrogens with one attached hydrogen (secondary N) is 2. The Hall–Kier alpha value is -2.94. The lowest BCUT2D eigenvalue weighted by Crippen LogP contribution is -2.49. The lowest BCUT2D eigenvalue weighted by atomic mass is 10.1. The van der Waals surface area contributed by atoms with Gasteiger partial charge in [-0.05, 0) is 55.0 Å². The van der Waals surface area contributed by atoms with E-state index in [1.807, 2.05) is 4.90 Å². The molecule has 35 heavy (non-hydrogen) atoms. The van der Waals surface area contributed by atoms with Crippen LogP contribution in [0.1, 0.15) is 44.7 Å². The Morgan fingerprint density at radius 2 is 1.77 bits per heavy atom. The summed E-state index contributed by atoms with van der Waals surface area (Å²) < 4.78 is 11.0. The van der Waals surface area contributed by atoms with Gasteiger partial charge >= 0.3 is 0 Å².